The van der Waals surface area contributed by atoms with Crippen LogP contribution < -0.4 is 4.74 Å². The minimum absolute atomic E-state index is 0.268. The molecule has 0 bridgehead atoms. The Hall–Kier alpha value is -1.31. The predicted octanol–water partition coefficient (Wildman–Crippen LogP) is 4.27. The van der Waals surface area contributed by atoms with Gasteiger partial charge in [0.05, 0.1) is 7.11 Å². The third-order valence-corrected chi connectivity index (χ3v) is 2.46. The van der Waals surface area contributed by atoms with E-state index in [1.54, 1.807) is 7.11 Å². The Morgan fingerprint density at radius 2 is 1.71 bits per heavy atom. The molecule has 17 heavy (non-hydrogen) atoms. The maximum Gasteiger partial charge on any atom is 0.163 e. The molecule has 2 nitrogen and oxygen atoms in total. The fourth-order valence-corrected chi connectivity index (χ4v) is 1.75. The smallest absolute Gasteiger partial charge is 0.163 e. The number of fused-ring (bicyclic) bond motifs is 1. The van der Waals surface area contributed by atoms with Gasteiger partial charge in [-0.3, -0.25) is 4.79 Å². The van der Waals surface area contributed by atoms with E-state index in [-0.39, 0.29) is 5.78 Å². The van der Waals surface area contributed by atoms with Crippen molar-refractivity contribution >= 4 is 5.78 Å². The molecule has 2 rings (SSSR count). The molecule has 0 N–H and O–H groups in total. The molecule has 0 saturated heterocycles. The Kier molecular flexibility index (Phi) is 8.12. The van der Waals surface area contributed by atoms with E-state index in [0.717, 1.165) is 29.7 Å². The molecule has 1 aromatic carbocycles. The van der Waals surface area contributed by atoms with Crippen molar-refractivity contribution in [1.82, 2.24) is 0 Å². The van der Waals surface area contributed by atoms with Crippen LogP contribution in [0.15, 0.2) is 18.2 Å². The number of hydrogen-bond acceptors (Lipinski definition) is 2. The van der Waals surface area contributed by atoms with Gasteiger partial charge in [0.1, 0.15) is 5.75 Å². The van der Waals surface area contributed by atoms with Gasteiger partial charge in [0.15, 0.2) is 5.78 Å². The number of Topliss-reactive ketones (excluding diaryl/α,β-unsaturated/α-hetero) is 1. The van der Waals surface area contributed by atoms with Crippen molar-refractivity contribution in [2.45, 2.75) is 47.0 Å². The summed E-state index contributed by atoms with van der Waals surface area (Å²) in [5, 5.41) is 0. The third kappa shape index (κ3) is 4.22. The van der Waals surface area contributed by atoms with Crippen molar-refractivity contribution in [3.63, 3.8) is 0 Å². The van der Waals surface area contributed by atoms with Crippen LogP contribution in [0, 0.1) is 0 Å². The van der Waals surface area contributed by atoms with Gasteiger partial charge in [-0.2, -0.15) is 0 Å². The van der Waals surface area contributed by atoms with Gasteiger partial charge in [-0.1, -0.05) is 27.7 Å². The highest BCUT2D eigenvalue weighted by Crippen LogP contribution is 2.24. The summed E-state index contributed by atoms with van der Waals surface area (Å²) < 4.78 is 5.10. The van der Waals surface area contributed by atoms with Crippen molar-refractivity contribution in [1.29, 1.82) is 0 Å². The zero-order valence-electron chi connectivity index (χ0n) is 11.7. The largest absolute Gasteiger partial charge is 0.497 e. The van der Waals surface area contributed by atoms with Crippen molar-refractivity contribution in [2.24, 2.45) is 0 Å². The molecule has 1 aliphatic rings. The number of hydrogen-bond donors (Lipinski definition) is 0. The van der Waals surface area contributed by atoms with E-state index in [2.05, 4.69) is 0 Å². The predicted molar refractivity (Wildman–Crippen MR) is 73.0 cm³/mol. The molecule has 96 valence electrons. The number of aryl methyl sites for hydroxylation is 1. The maximum atomic E-state index is 11.4. The fourth-order valence-electron chi connectivity index (χ4n) is 1.75. The van der Waals surface area contributed by atoms with Gasteiger partial charge in [0, 0.05) is 12.0 Å². The first-order valence-corrected chi connectivity index (χ1v) is 6.51. The zero-order chi connectivity index (χ0) is 13.3. The standard InChI is InChI=1S/C11H12O2.2C2H6/c1-13-9-5-6-10-8(7-9)3-2-4-11(10)12;2*1-2/h5-7H,2-4H2,1H3;2*1-2H3. The lowest BCUT2D eigenvalue weighted by atomic mass is 9.91. The number of rotatable bonds is 1. The van der Waals surface area contributed by atoms with Crippen LogP contribution in [0.1, 0.15) is 56.5 Å². The molecule has 0 radical (unpaired) electrons. The summed E-state index contributed by atoms with van der Waals surface area (Å²) in [6.45, 7) is 8.00. The van der Waals surface area contributed by atoms with Gasteiger partial charge in [0.2, 0.25) is 0 Å². The molecular formula is C15H24O2. The Labute approximate surface area is 105 Å². The van der Waals surface area contributed by atoms with Crippen molar-refractivity contribution in [3.05, 3.63) is 29.3 Å². The number of methoxy groups -OCH3 is 1. The summed E-state index contributed by atoms with van der Waals surface area (Å²) in [5.41, 5.74) is 2.02. The van der Waals surface area contributed by atoms with Crippen molar-refractivity contribution in [2.75, 3.05) is 7.11 Å². The van der Waals surface area contributed by atoms with E-state index in [0.29, 0.717) is 6.42 Å². The molecule has 0 fully saturated rings. The van der Waals surface area contributed by atoms with E-state index in [1.165, 1.54) is 0 Å². The first-order chi connectivity index (χ1) is 8.31. The number of carbonyl (C=O) groups is 1. The average Bonchev–Trinajstić information content (AvgIpc) is 2.43. The topological polar surface area (TPSA) is 26.3 Å². The molecule has 0 heterocycles. The summed E-state index contributed by atoms with van der Waals surface area (Å²) in [6, 6.07) is 5.68. The van der Waals surface area contributed by atoms with Crippen molar-refractivity contribution < 1.29 is 9.53 Å². The molecule has 0 amide bonds. The second kappa shape index (κ2) is 8.80. The molecule has 0 atom stereocenters. The molecule has 0 spiro atoms. The van der Waals surface area contributed by atoms with Crippen LogP contribution >= 0.6 is 0 Å². The number of benzene rings is 1. The van der Waals surface area contributed by atoms with Crippen molar-refractivity contribution in [3.8, 4) is 5.75 Å². The first kappa shape index (κ1) is 15.7. The second-order valence-corrected chi connectivity index (χ2v) is 3.30. The van der Waals surface area contributed by atoms with Gasteiger partial charge in [-0.25, -0.2) is 0 Å². The second-order valence-electron chi connectivity index (χ2n) is 3.30. The summed E-state index contributed by atoms with van der Waals surface area (Å²) in [6.07, 6.45) is 2.66. The summed E-state index contributed by atoms with van der Waals surface area (Å²) in [4.78, 5) is 11.4. The van der Waals surface area contributed by atoms with E-state index in [9.17, 15) is 4.79 Å². The molecule has 1 aromatic rings. The normalized spacial score (nSPS) is 12.4. The summed E-state index contributed by atoms with van der Waals surface area (Å²) >= 11 is 0. The van der Waals surface area contributed by atoms with Crippen LogP contribution in [-0.2, 0) is 6.42 Å². The van der Waals surface area contributed by atoms with Gasteiger partial charge in [-0.15, -0.1) is 0 Å². The quantitative estimate of drug-likeness (QED) is 0.728. The molecule has 0 aromatic heterocycles. The minimum atomic E-state index is 0.268. The van der Waals surface area contributed by atoms with Gasteiger partial charge >= 0.3 is 0 Å². The third-order valence-electron chi connectivity index (χ3n) is 2.46. The van der Waals surface area contributed by atoms with Gasteiger partial charge in [0.25, 0.3) is 0 Å². The Bertz CT molecular complexity index is 343. The lowest BCUT2D eigenvalue weighted by molar-refractivity contribution is 0.0972. The monoisotopic (exact) mass is 236 g/mol. The van der Waals surface area contributed by atoms with E-state index < -0.39 is 0 Å². The number of carbonyl (C=O) groups excluding carboxylic acids is 1. The molecule has 0 saturated carbocycles. The van der Waals surface area contributed by atoms with Gasteiger partial charge in [-0.05, 0) is 36.6 Å². The highest BCUT2D eigenvalue weighted by atomic mass is 16.5. The lowest BCUT2D eigenvalue weighted by Crippen LogP contribution is -2.10. The summed E-state index contributed by atoms with van der Waals surface area (Å²) in [7, 11) is 1.65. The van der Waals surface area contributed by atoms with Crippen LogP contribution in [0.3, 0.4) is 0 Å². The molecule has 0 unspecified atom stereocenters. The highest BCUT2D eigenvalue weighted by Gasteiger charge is 2.16. The highest BCUT2D eigenvalue weighted by molar-refractivity contribution is 5.98. The number of ketones is 1. The van der Waals surface area contributed by atoms with Crippen LogP contribution in [-0.4, -0.2) is 12.9 Å². The molecule has 0 aliphatic heterocycles. The SMILES string of the molecule is CC.CC.COc1ccc2c(c1)CCCC2=O. The Balaban J connectivity index is 0.000000581. The van der Waals surface area contributed by atoms with Gasteiger partial charge < -0.3 is 4.74 Å². The Morgan fingerprint density at radius 1 is 1.06 bits per heavy atom. The van der Waals surface area contributed by atoms with Crippen LogP contribution in [0.5, 0.6) is 5.75 Å². The van der Waals surface area contributed by atoms with Crippen LogP contribution in [0.4, 0.5) is 0 Å². The Morgan fingerprint density at radius 3 is 2.29 bits per heavy atom. The number of ether oxygens (including phenoxy) is 1. The molecule has 1 aliphatic carbocycles. The first-order valence-electron chi connectivity index (χ1n) is 6.51. The maximum absolute atomic E-state index is 11.4. The zero-order valence-corrected chi connectivity index (χ0v) is 11.7. The summed E-state index contributed by atoms with van der Waals surface area (Å²) in [5.74, 6) is 1.11. The molecule has 2 heteroatoms. The fraction of sp³-hybridized carbons (Fsp3) is 0.533. The van der Waals surface area contributed by atoms with E-state index >= 15 is 0 Å². The molecular weight excluding hydrogens is 212 g/mol. The van der Waals surface area contributed by atoms with E-state index in [4.69, 9.17) is 4.74 Å². The minimum Gasteiger partial charge on any atom is -0.497 e. The average molecular weight is 236 g/mol. The van der Waals surface area contributed by atoms with Crippen LogP contribution in [0.25, 0.3) is 0 Å². The lowest BCUT2D eigenvalue weighted by Gasteiger charge is -2.14. The van der Waals surface area contributed by atoms with Crippen LogP contribution in [0.2, 0.25) is 0 Å². The van der Waals surface area contributed by atoms with E-state index in [1.807, 2.05) is 45.9 Å².